The van der Waals surface area contributed by atoms with E-state index in [-0.39, 0.29) is 16.6 Å². The zero-order chi connectivity index (χ0) is 22.6. The topological polar surface area (TPSA) is 92.5 Å². The molecular formula is C23H27N3O4S. The molecule has 0 atom stereocenters. The first kappa shape index (κ1) is 22.7. The van der Waals surface area contributed by atoms with E-state index in [9.17, 15) is 13.2 Å². The third-order valence-electron chi connectivity index (χ3n) is 4.84. The number of amides is 1. The number of hydrogen-bond acceptors (Lipinski definition) is 6. The van der Waals surface area contributed by atoms with Crippen molar-refractivity contribution >= 4 is 15.7 Å². The van der Waals surface area contributed by atoms with Crippen LogP contribution in [0, 0.1) is 13.8 Å². The number of carbonyl (C=O) groups is 1. The Morgan fingerprint density at radius 3 is 2.29 bits per heavy atom. The van der Waals surface area contributed by atoms with Crippen LogP contribution in [-0.2, 0) is 15.6 Å². The maximum Gasteiger partial charge on any atom is 0.251 e. The fourth-order valence-electron chi connectivity index (χ4n) is 2.95. The average Bonchev–Trinajstić information content (AvgIpc) is 3.07. The summed E-state index contributed by atoms with van der Waals surface area (Å²) < 4.78 is 31.2. The summed E-state index contributed by atoms with van der Waals surface area (Å²) in [5.74, 6) is 0.391. The molecule has 0 spiro atoms. The first-order valence-electron chi connectivity index (χ1n) is 9.95. The minimum Gasteiger partial charge on any atom is -0.441 e. The van der Waals surface area contributed by atoms with E-state index in [2.05, 4.69) is 10.3 Å². The molecule has 0 saturated heterocycles. The molecule has 0 aliphatic rings. The van der Waals surface area contributed by atoms with E-state index < -0.39 is 9.84 Å². The Morgan fingerprint density at radius 1 is 1.03 bits per heavy atom. The molecule has 0 fully saturated rings. The molecule has 0 aliphatic heterocycles. The highest BCUT2D eigenvalue weighted by Crippen LogP contribution is 2.25. The van der Waals surface area contributed by atoms with Crippen LogP contribution in [0.4, 0.5) is 0 Å². The van der Waals surface area contributed by atoms with E-state index >= 15 is 0 Å². The SMILES string of the molecule is Cc1ccc(S(=O)(=O)Cc2nc(-c3ccc(C(=O)NCCN(C)C)cc3)oc2C)cc1. The third kappa shape index (κ3) is 5.80. The van der Waals surface area contributed by atoms with Crippen molar-refractivity contribution in [1.29, 1.82) is 0 Å². The maximum absolute atomic E-state index is 12.7. The Bertz CT molecular complexity index is 1150. The summed E-state index contributed by atoms with van der Waals surface area (Å²) in [6, 6.07) is 13.6. The molecule has 0 aliphatic carbocycles. The van der Waals surface area contributed by atoms with Gasteiger partial charge in [0.1, 0.15) is 11.5 Å². The van der Waals surface area contributed by atoms with E-state index in [4.69, 9.17) is 4.42 Å². The van der Waals surface area contributed by atoms with E-state index in [1.165, 1.54) is 0 Å². The standard InChI is InChI=1S/C23H27N3O4S/c1-16-5-11-20(12-6-16)31(28,29)15-21-17(2)30-23(25-21)19-9-7-18(8-10-19)22(27)24-13-14-26(3)4/h5-12H,13-15H2,1-4H3,(H,24,27). The van der Waals surface area contributed by atoms with E-state index in [0.717, 1.165) is 12.1 Å². The highest BCUT2D eigenvalue weighted by atomic mass is 32.2. The Balaban J connectivity index is 1.73. The van der Waals surface area contributed by atoms with Gasteiger partial charge in [-0.2, -0.15) is 0 Å². The van der Waals surface area contributed by atoms with Crippen LogP contribution in [0.1, 0.15) is 27.4 Å². The summed E-state index contributed by atoms with van der Waals surface area (Å²) in [5, 5.41) is 2.86. The molecule has 164 valence electrons. The molecule has 0 saturated carbocycles. The van der Waals surface area contributed by atoms with Crippen LogP contribution in [0.15, 0.2) is 57.8 Å². The molecule has 0 bridgehead atoms. The lowest BCUT2D eigenvalue weighted by molar-refractivity contribution is 0.0951. The van der Waals surface area contributed by atoms with Crippen molar-refractivity contribution in [1.82, 2.24) is 15.2 Å². The number of likely N-dealkylation sites (N-methyl/N-ethyl adjacent to an activating group) is 1. The molecule has 7 nitrogen and oxygen atoms in total. The Morgan fingerprint density at radius 2 is 1.68 bits per heavy atom. The Hall–Kier alpha value is -2.97. The number of aryl methyl sites for hydroxylation is 2. The molecule has 0 unspecified atom stereocenters. The van der Waals surface area contributed by atoms with Crippen molar-refractivity contribution in [2.45, 2.75) is 24.5 Å². The lowest BCUT2D eigenvalue weighted by atomic mass is 10.1. The number of rotatable bonds is 8. The lowest BCUT2D eigenvalue weighted by Gasteiger charge is -2.10. The lowest BCUT2D eigenvalue weighted by Crippen LogP contribution is -2.31. The van der Waals surface area contributed by atoms with Crippen molar-refractivity contribution in [3.8, 4) is 11.5 Å². The summed E-state index contributed by atoms with van der Waals surface area (Å²) in [6.45, 7) is 4.92. The normalized spacial score (nSPS) is 11.6. The molecular weight excluding hydrogens is 414 g/mol. The van der Waals surface area contributed by atoms with Crippen LogP contribution >= 0.6 is 0 Å². The van der Waals surface area contributed by atoms with Crippen molar-refractivity contribution in [2.75, 3.05) is 27.2 Å². The van der Waals surface area contributed by atoms with Crippen molar-refractivity contribution in [2.24, 2.45) is 0 Å². The Kier molecular flexibility index (Phi) is 6.92. The molecule has 3 aromatic rings. The van der Waals surface area contributed by atoms with E-state index in [1.54, 1.807) is 55.5 Å². The summed E-state index contributed by atoms with van der Waals surface area (Å²) in [7, 11) is 0.355. The van der Waals surface area contributed by atoms with Crippen LogP contribution < -0.4 is 5.32 Å². The largest absolute Gasteiger partial charge is 0.441 e. The number of nitrogens with one attached hydrogen (secondary N) is 1. The van der Waals surface area contributed by atoms with Gasteiger partial charge in [-0.25, -0.2) is 13.4 Å². The van der Waals surface area contributed by atoms with Gasteiger partial charge in [0.05, 0.1) is 10.6 Å². The predicted molar refractivity (Wildman–Crippen MR) is 120 cm³/mol. The number of benzene rings is 2. The third-order valence-corrected chi connectivity index (χ3v) is 6.48. The van der Waals surface area contributed by atoms with Gasteiger partial charge in [-0.3, -0.25) is 4.79 Å². The van der Waals surface area contributed by atoms with Crippen LogP contribution in [-0.4, -0.2) is 51.4 Å². The minimum absolute atomic E-state index is 0.151. The van der Waals surface area contributed by atoms with Gasteiger partial charge >= 0.3 is 0 Å². The van der Waals surface area contributed by atoms with Crippen molar-refractivity contribution in [3.05, 3.63) is 71.1 Å². The number of nitrogens with zero attached hydrogens (tertiary/aromatic N) is 2. The summed E-state index contributed by atoms with van der Waals surface area (Å²) >= 11 is 0. The quantitative estimate of drug-likeness (QED) is 0.577. The average molecular weight is 442 g/mol. The van der Waals surface area contributed by atoms with Crippen LogP contribution in [0.2, 0.25) is 0 Å². The highest BCUT2D eigenvalue weighted by molar-refractivity contribution is 7.90. The number of hydrogen-bond donors (Lipinski definition) is 1. The zero-order valence-corrected chi connectivity index (χ0v) is 19.0. The maximum atomic E-state index is 12.7. The molecule has 1 heterocycles. The van der Waals surface area contributed by atoms with Crippen LogP contribution in [0.25, 0.3) is 11.5 Å². The molecule has 1 N–H and O–H groups in total. The molecule has 31 heavy (non-hydrogen) atoms. The van der Waals surface area contributed by atoms with Gasteiger partial charge in [0.15, 0.2) is 9.84 Å². The van der Waals surface area contributed by atoms with Gasteiger partial charge in [-0.05, 0) is 64.3 Å². The summed E-state index contributed by atoms with van der Waals surface area (Å²) in [6.07, 6.45) is 0. The second kappa shape index (κ2) is 9.45. The van der Waals surface area contributed by atoms with E-state index in [1.807, 2.05) is 25.9 Å². The van der Waals surface area contributed by atoms with Gasteiger partial charge in [-0.15, -0.1) is 0 Å². The smallest absolute Gasteiger partial charge is 0.251 e. The summed E-state index contributed by atoms with van der Waals surface area (Å²) in [4.78, 5) is 18.9. The first-order valence-corrected chi connectivity index (χ1v) is 11.6. The number of sulfone groups is 1. The molecule has 3 rings (SSSR count). The van der Waals surface area contributed by atoms with Crippen molar-refractivity contribution in [3.63, 3.8) is 0 Å². The zero-order valence-electron chi connectivity index (χ0n) is 18.2. The fraction of sp³-hybridized carbons (Fsp3) is 0.304. The Labute approximate surface area is 183 Å². The number of oxazole rings is 1. The van der Waals surface area contributed by atoms with Gasteiger partial charge in [-0.1, -0.05) is 17.7 Å². The molecule has 1 aromatic heterocycles. The van der Waals surface area contributed by atoms with Crippen molar-refractivity contribution < 1.29 is 17.6 Å². The first-order chi connectivity index (χ1) is 14.7. The van der Waals surface area contributed by atoms with Gasteiger partial charge in [0.25, 0.3) is 5.91 Å². The molecule has 1 amide bonds. The van der Waals surface area contributed by atoms with Crippen LogP contribution in [0.5, 0.6) is 0 Å². The second-order valence-electron chi connectivity index (χ2n) is 7.73. The predicted octanol–water partition coefficient (Wildman–Crippen LogP) is 3.22. The molecule has 8 heteroatoms. The summed E-state index contributed by atoms with van der Waals surface area (Å²) in [5.41, 5.74) is 2.58. The monoisotopic (exact) mass is 441 g/mol. The van der Waals surface area contributed by atoms with Gasteiger partial charge in [0, 0.05) is 24.2 Å². The number of carbonyl (C=O) groups excluding carboxylic acids is 1. The highest BCUT2D eigenvalue weighted by Gasteiger charge is 2.21. The minimum atomic E-state index is -3.53. The van der Waals surface area contributed by atoms with Gasteiger partial charge in [0.2, 0.25) is 5.89 Å². The second-order valence-corrected chi connectivity index (χ2v) is 9.72. The van der Waals surface area contributed by atoms with Crippen LogP contribution in [0.3, 0.4) is 0 Å². The van der Waals surface area contributed by atoms with Gasteiger partial charge < -0.3 is 14.6 Å². The number of aromatic nitrogens is 1. The van der Waals surface area contributed by atoms with E-state index in [0.29, 0.717) is 35.0 Å². The molecule has 0 radical (unpaired) electrons. The molecule has 2 aromatic carbocycles. The fourth-order valence-corrected chi connectivity index (χ4v) is 4.30.